The minimum absolute atomic E-state index is 0.737. The summed E-state index contributed by atoms with van der Waals surface area (Å²) < 4.78 is 0. The second-order valence-corrected chi connectivity index (χ2v) is 5.56. The zero-order chi connectivity index (χ0) is 11.0. The summed E-state index contributed by atoms with van der Waals surface area (Å²) in [7, 11) is 2.24. The molecule has 15 heavy (non-hydrogen) atoms. The van der Waals surface area contributed by atoms with Crippen LogP contribution in [0.1, 0.15) is 26.7 Å². The van der Waals surface area contributed by atoms with E-state index in [1.54, 1.807) is 0 Å². The molecule has 0 aliphatic carbocycles. The van der Waals surface area contributed by atoms with Crippen LogP contribution in [0.3, 0.4) is 0 Å². The molecule has 2 saturated heterocycles. The second kappa shape index (κ2) is 4.40. The van der Waals surface area contributed by atoms with E-state index in [-0.39, 0.29) is 0 Å². The first-order valence-corrected chi connectivity index (χ1v) is 6.27. The van der Waals surface area contributed by atoms with Crippen LogP contribution >= 0.6 is 0 Å². The summed E-state index contributed by atoms with van der Waals surface area (Å²) in [6.45, 7) is 8.02. The predicted molar refractivity (Wildman–Crippen MR) is 63.8 cm³/mol. The highest BCUT2D eigenvalue weighted by molar-refractivity contribution is 4.93. The van der Waals surface area contributed by atoms with Crippen LogP contribution in [0.15, 0.2) is 0 Å². The molecule has 2 aliphatic rings. The molecule has 0 radical (unpaired) electrons. The van der Waals surface area contributed by atoms with Crippen LogP contribution in [-0.4, -0.2) is 54.6 Å². The Morgan fingerprint density at radius 1 is 1.13 bits per heavy atom. The quantitative estimate of drug-likeness (QED) is 0.731. The molecular formula is C12H25N3. The van der Waals surface area contributed by atoms with E-state index in [2.05, 4.69) is 30.7 Å². The lowest BCUT2D eigenvalue weighted by atomic mass is 10.1. The third kappa shape index (κ3) is 2.19. The highest BCUT2D eigenvalue weighted by Crippen LogP contribution is 2.29. The van der Waals surface area contributed by atoms with Crippen molar-refractivity contribution in [2.75, 3.05) is 26.7 Å². The van der Waals surface area contributed by atoms with Gasteiger partial charge in [0.2, 0.25) is 0 Å². The molecule has 0 aromatic rings. The maximum Gasteiger partial charge on any atom is 0.0240 e. The Balaban J connectivity index is 1.94. The molecule has 0 spiro atoms. The van der Waals surface area contributed by atoms with Crippen LogP contribution in [0.5, 0.6) is 0 Å². The van der Waals surface area contributed by atoms with Gasteiger partial charge in [0.15, 0.2) is 0 Å². The van der Waals surface area contributed by atoms with Crippen molar-refractivity contribution in [3.8, 4) is 0 Å². The average Bonchev–Trinajstić information content (AvgIpc) is 2.71. The summed E-state index contributed by atoms with van der Waals surface area (Å²) in [5.41, 5.74) is 5.77. The lowest BCUT2D eigenvalue weighted by Crippen LogP contribution is -2.39. The van der Waals surface area contributed by atoms with E-state index in [0.717, 1.165) is 30.6 Å². The number of nitrogens with zero attached hydrogens (tertiary/aromatic N) is 2. The number of hydrogen-bond donors (Lipinski definition) is 1. The zero-order valence-corrected chi connectivity index (χ0v) is 10.3. The number of likely N-dealkylation sites (tertiary alicyclic amines) is 2. The Hall–Kier alpha value is -0.120. The fraction of sp³-hybridized carbons (Fsp3) is 1.00. The minimum Gasteiger partial charge on any atom is -0.330 e. The molecule has 0 amide bonds. The molecule has 4 unspecified atom stereocenters. The predicted octanol–water partition coefficient (Wildman–Crippen LogP) is 0.748. The van der Waals surface area contributed by atoms with Gasteiger partial charge in [-0.15, -0.1) is 0 Å². The van der Waals surface area contributed by atoms with Crippen LogP contribution < -0.4 is 5.73 Å². The number of hydrogen-bond acceptors (Lipinski definition) is 3. The maximum atomic E-state index is 5.77. The number of rotatable bonds is 2. The summed E-state index contributed by atoms with van der Waals surface area (Å²) in [6, 6.07) is 2.26. The van der Waals surface area contributed by atoms with Gasteiger partial charge in [0, 0.05) is 31.2 Å². The van der Waals surface area contributed by atoms with Crippen molar-refractivity contribution in [1.82, 2.24) is 9.80 Å². The third-order valence-corrected chi connectivity index (χ3v) is 4.38. The van der Waals surface area contributed by atoms with Gasteiger partial charge in [-0.05, 0) is 46.2 Å². The lowest BCUT2D eigenvalue weighted by Gasteiger charge is -2.28. The molecule has 0 aromatic carbocycles. The fourth-order valence-corrected chi connectivity index (χ4v) is 3.25. The van der Waals surface area contributed by atoms with Crippen molar-refractivity contribution in [2.45, 2.75) is 44.8 Å². The first-order chi connectivity index (χ1) is 7.11. The Labute approximate surface area is 93.6 Å². The van der Waals surface area contributed by atoms with Crippen molar-refractivity contribution in [2.24, 2.45) is 11.7 Å². The molecule has 3 heteroatoms. The van der Waals surface area contributed by atoms with Crippen molar-refractivity contribution in [1.29, 1.82) is 0 Å². The first kappa shape index (κ1) is 11.4. The molecule has 2 rings (SSSR count). The molecular weight excluding hydrogens is 186 g/mol. The van der Waals surface area contributed by atoms with Gasteiger partial charge in [-0.2, -0.15) is 0 Å². The molecule has 88 valence electrons. The normalized spacial score (nSPS) is 44.0. The van der Waals surface area contributed by atoms with E-state index >= 15 is 0 Å². The minimum atomic E-state index is 0.737. The Bertz CT molecular complexity index is 209. The average molecular weight is 211 g/mol. The summed E-state index contributed by atoms with van der Waals surface area (Å²) in [5, 5.41) is 0. The van der Waals surface area contributed by atoms with Gasteiger partial charge in [0.05, 0.1) is 0 Å². The summed E-state index contributed by atoms with van der Waals surface area (Å²) in [5.74, 6) is 0.737. The van der Waals surface area contributed by atoms with E-state index in [1.807, 2.05) is 0 Å². The highest BCUT2D eigenvalue weighted by atomic mass is 15.3. The van der Waals surface area contributed by atoms with Crippen LogP contribution in [0.2, 0.25) is 0 Å². The number of nitrogens with two attached hydrogens (primary N) is 1. The molecule has 2 aliphatic heterocycles. The van der Waals surface area contributed by atoms with Gasteiger partial charge in [0.1, 0.15) is 0 Å². The van der Waals surface area contributed by atoms with Crippen LogP contribution in [0.4, 0.5) is 0 Å². The largest absolute Gasteiger partial charge is 0.330 e. The lowest BCUT2D eigenvalue weighted by molar-refractivity contribution is 0.188. The molecule has 0 aromatic heterocycles. The SMILES string of the molecule is CC1CC(N2CC(CN)CC2C)CN1C. The topological polar surface area (TPSA) is 32.5 Å². The summed E-state index contributed by atoms with van der Waals surface area (Å²) in [6.07, 6.45) is 2.63. The van der Waals surface area contributed by atoms with E-state index in [4.69, 9.17) is 5.73 Å². The molecule has 3 nitrogen and oxygen atoms in total. The third-order valence-electron chi connectivity index (χ3n) is 4.38. The Morgan fingerprint density at radius 3 is 2.33 bits per heavy atom. The van der Waals surface area contributed by atoms with Gasteiger partial charge in [0.25, 0.3) is 0 Å². The van der Waals surface area contributed by atoms with E-state index in [9.17, 15) is 0 Å². The van der Waals surface area contributed by atoms with Crippen LogP contribution in [0, 0.1) is 5.92 Å². The number of likely N-dealkylation sites (N-methyl/N-ethyl adjacent to an activating group) is 1. The fourth-order valence-electron chi connectivity index (χ4n) is 3.25. The molecule has 2 heterocycles. The van der Waals surface area contributed by atoms with Crippen LogP contribution in [0.25, 0.3) is 0 Å². The van der Waals surface area contributed by atoms with Crippen molar-refractivity contribution in [3.05, 3.63) is 0 Å². The van der Waals surface area contributed by atoms with Crippen molar-refractivity contribution in [3.63, 3.8) is 0 Å². The standard InChI is InChI=1S/C12H25N3/c1-9-5-12(8-14(9)3)15-7-11(6-13)4-10(15)2/h9-12H,4-8,13H2,1-3H3. The van der Waals surface area contributed by atoms with E-state index in [0.29, 0.717) is 0 Å². The molecule has 0 saturated carbocycles. The van der Waals surface area contributed by atoms with Gasteiger partial charge in [-0.1, -0.05) is 0 Å². The maximum absolute atomic E-state index is 5.77. The van der Waals surface area contributed by atoms with Crippen molar-refractivity contribution < 1.29 is 0 Å². The van der Waals surface area contributed by atoms with Crippen molar-refractivity contribution >= 4 is 0 Å². The summed E-state index contributed by atoms with van der Waals surface area (Å²) >= 11 is 0. The smallest absolute Gasteiger partial charge is 0.0240 e. The molecule has 2 N–H and O–H groups in total. The zero-order valence-electron chi connectivity index (χ0n) is 10.3. The van der Waals surface area contributed by atoms with Gasteiger partial charge in [-0.25, -0.2) is 0 Å². The second-order valence-electron chi connectivity index (χ2n) is 5.56. The van der Waals surface area contributed by atoms with Gasteiger partial charge in [-0.3, -0.25) is 4.90 Å². The highest BCUT2D eigenvalue weighted by Gasteiger charge is 2.37. The first-order valence-electron chi connectivity index (χ1n) is 6.27. The van der Waals surface area contributed by atoms with Gasteiger partial charge >= 0.3 is 0 Å². The van der Waals surface area contributed by atoms with Gasteiger partial charge < -0.3 is 10.6 Å². The van der Waals surface area contributed by atoms with E-state index < -0.39 is 0 Å². The Kier molecular flexibility index (Phi) is 3.33. The van der Waals surface area contributed by atoms with Crippen LogP contribution in [-0.2, 0) is 0 Å². The monoisotopic (exact) mass is 211 g/mol. The molecule has 2 fully saturated rings. The summed E-state index contributed by atoms with van der Waals surface area (Å²) in [4.78, 5) is 5.17. The Morgan fingerprint density at radius 2 is 1.87 bits per heavy atom. The molecule has 0 bridgehead atoms. The molecule has 4 atom stereocenters. The van der Waals surface area contributed by atoms with E-state index in [1.165, 1.54) is 25.9 Å².